The molecule has 0 saturated carbocycles. The number of amides is 2. The molecule has 6 heteroatoms. The summed E-state index contributed by atoms with van der Waals surface area (Å²) in [6, 6.07) is 6.30. The van der Waals surface area contributed by atoms with E-state index in [1.54, 1.807) is 19.0 Å². The molecule has 0 aromatic heterocycles. The molecule has 6 nitrogen and oxygen atoms in total. The summed E-state index contributed by atoms with van der Waals surface area (Å²) < 4.78 is 5.43. The lowest BCUT2D eigenvalue weighted by molar-refractivity contribution is 0.122. The van der Waals surface area contributed by atoms with Gasteiger partial charge >= 0.3 is 6.03 Å². The van der Waals surface area contributed by atoms with Crippen LogP contribution in [0, 0.1) is 0 Å². The van der Waals surface area contributed by atoms with Crippen molar-refractivity contribution < 1.29 is 9.53 Å². The Morgan fingerprint density at radius 2 is 1.78 bits per heavy atom. The minimum absolute atomic E-state index is 0.0930. The molecule has 2 aliphatic heterocycles. The van der Waals surface area contributed by atoms with E-state index in [0.29, 0.717) is 0 Å². The number of nitrogens with zero attached hydrogens (tertiary/aromatic N) is 3. The molecule has 0 aliphatic carbocycles. The standard InChI is InChI=1S/C17H26N4O2/c1-19(2)17(22)18-15-13-14(20-9-11-23-12-10-20)5-6-16(15)21-7-3-4-8-21/h5-6,13H,3-4,7-12H2,1-2H3,(H,18,22). The normalized spacial score (nSPS) is 18.2. The van der Waals surface area contributed by atoms with Gasteiger partial charge in [-0.1, -0.05) is 0 Å². The first-order valence-electron chi connectivity index (χ1n) is 8.35. The van der Waals surface area contributed by atoms with Gasteiger partial charge in [-0.15, -0.1) is 0 Å². The molecule has 1 aromatic carbocycles. The summed E-state index contributed by atoms with van der Waals surface area (Å²) in [4.78, 5) is 18.4. The number of rotatable bonds is 3. The van der Waals surface area contributed by atoms with Crippen LogP contribution in [0.2, 0.25) is 0 Å². The van der Waals surface area contributed by atoms with Crippen molar-refractivity contribution >= 4 is 23.1 Å². The van der Waals surface area contributed by atoms with Gasteiger partial charge in [0.15, 0.2) is 0 Å². The van der Waals surface area contributed by atoms with Crippen molar-refractivity contribution in [2.45, 2.75) is 12.8 Å². The molecule has 0 bridgehead atoms. The maximum absolute atomic E-state index is 12.1. The average molecular weight is 318 g/mol. The van der Waals surface area contributed by atoms with E-state index in [0.717, 1.165) is 56.5 Å². The Bertz CT molecular complexity index is 550. The zero-order chi connectivity index (χ0) is 16.2. The van der Waals surface area contributed by atoms with Gasteiger partial charge in [-0.05, 0) is 31.0 Å². The number of urea groups is 1. The molecule has 0 unspecified atom stereocenters. The van der Waals surface area contributed by atoms with Crippen molar-refractivity contribution in [3.05, 3.63) is 18.2 Å². The highest BCUT2D eigenvalue weighted by Gasteiger charge is 2.20. The Labute approximate surface area is 138 Å². The van der Waals surface area contributed by atoms with E-state index in [1.807, 2.05) is 0 Å². The molecular weight excluding hydrogens is 292 g/mol. The highest BCUT2D eigenvalue weighted by Crippen LogP contribution is 2.33. The SMILES string of the molecule is CN(C)C(=O)Nc1cc(N2CCOCC2)ccc1N1CCCC1. The summed E-state index contributed by atoms with van der Waals surface area (Å²) in [5.41, 5.74) is 3.16. The van der Waals surface area contributed by atoms with Crippen LogP contribution in [0.1, 0.15) is 12.8 Å². The molecule has 1 N–H and O–H groups in total. The summed E-state index contributed by atoms with van der Waals surface area (Å²) in [6.07, 6.45) is 2.43. The van der Waals surface area contributed by atoms with Crippen LogP contribution in [0.5, 0.6) is 0 Å². The van der Waals surface area contributed by atoms with Gasteiger partial charge in [0.25, 0.3) is 0 Å². The number of ether oxygens (including phenoxy) is 1. The van der Waals surface area contributed by atoms with Gasteiger partial charge in [-0.2, -0.15) is 0 Å². The Kier molecular flexibility index (Phi) is 4.91. The predicted molar refractivity (Wildman–Crippen MR) is 93.6 cm³/mol. The van der Waals surface area contributed by atoms with E-state index >= 15 is 0 Å². The van der Waals surface area contributed by atoms with E-state index in [1.165, 1.54) is 12.8 Å². The molecule has 2 fully saturated rings. The Morgan fingerprint density at radius 1 is 1.09 bits per heavy atom. The maximum atomic E-state index is 12.1. The van der Waals surface area contributed by atoms with Crippen molar-refractivity contribution in [3.8, 4) is 0 Å². The number of carbonyl (C=O) groups excluding carboxylic acids is 1. The zero-order valence-electron chi connectivity index (χ0n) is 14.0. The molecule has 2 saturated heterocycles. The Morgan fingerprint density at radius 3 is 2.43 bits per heavy atom. The quantitative estimate of drug-likeness (QED) is 0.928. The first-order chi connectivity index (χ1) is 11.1. The summed E-state index contributed by atoms with van der Waals surface area (Å²) in [7, 11) is 3.52. The lowest BCUT2D eigenvalue weighted by atomic mass is 10.2. The van der Waals surface area contributed by atoms with Crippen LogP contribution in [0.15, 0.2) is 18.2 Å². The van der Waals surface area contributed by atoms with Crippen LogP contribution in [0.25, 0.3) is 0 Å². The van der Waals surface area contributed by atoms with Gasteiger partial charge in [0, 0.05) is 46.0 Å². The van der Waals surface area contributed by atoms with Crippen LogP contribution in [-0.4, -0.2) is 64.4 Å². The maximum Gasteiger partial charge on any atom is 0.321 e. The Hall–Kier alpha value is -1.95. The fraction of sp³-hybridized carbons (Fsp3) is 0.588. The molecule has 3 rings (SSSR count). The smallest absolute Gasteiger partial charge is 0.321 e. The minimum atomic E-state index is -0.0930. The summed E-state index contributed by atoms with van der Waals surface area (Å²) in [5, 5.41) is 3.05. The molecule has 23 heavy (non-hydrogen) atoms. The second-order valence-corrected chi connectivity index (χ2v) is 6.32. The number of hydrogen-bond acceptors (Lipinski definition) is 4. The number of morpholine rings is 1. The molecule has 0 atom stereocenters. The minimum Gasteiger partial charge on any atom is -0.378 e. The zero-order valence-corrected chi connectivity index (χ0v) is 14.0. The van der Waals surface area contributed by atoms with Crippen LogP contribution < -0.4 is 15.1 Å². The number of carbonyl (C=O) groups is 1. The highest BCUT2D eigenvalue weighted by molar-refractivity contribution is 5.94. The molecule has 0 radical (unpaired) electrons. The molecule has 2 heterocycles. The second-order valence-electron chi connectivity index (χ2n) is 6.32. The van der Waals surface area contributed by atoms with Crippen LogP contribution >= 0.6 is 0 Å². The van der Waals surface area contributed by atoms with Gasteiger partial charge in [-0.25, -0.2) is 4.79 Å². The van der Waals surface area contributed by atoms with Crippen LogP contribution in [0.3, 0.4) is 0 Å². The summed E-state index contributed by atoms with van der Waals surface area (Å²) in [5.74, 6) is 0. The average Bonchev–Trinajstić information content (AvgIpc) is 3.10. The van der Waals surface area contributed by atoms with Crippen molar-refractivity contribution in [2.75, 3.05) is 68.6 Å². The third kappa shape index (κ3) is 3.69. The van der Waals surface area contributed by atoms with Crippen LogP contribution in [0.4, 0.5) is 21.9 Å². The van der Waals surface area contributed by atoms with E-state index in [4.69, 9.17) is 4.74 Å². The Balaban J connectivity index is 1.87. The lowest BCUT2D eigenvalue weighted by Gasteiger charge is -2.30. The fourth-order valence-corrected chi connectivity index (χ4v) is 3.10. The van der Waals surface area contributed by atoms with Crippen LogP contribution in [-0.2, 0) is 4.74 Å². The first kappa shape index (κ1) is 15.9. The number of anilines is 3. The topological polar surface area (TPSA) is 48.1 Å². The van der Waals surface area contributed by atoms with Gasteiger partial charge in [-0.3, -0.25) is 0 Å². The summed E-state index contributed by atoms with van der Waals surface area (Å²) >= 11 is 0. The molecule has 1 aromatic rings. The predicted octanol–water partition coefficient (Wildman–Crippen LogP) is 2.22. The number of benzene rings is 1. The lowest BCUT2D eigenvalue weighted by Crippen LogP contribution is -2.36. The fourth-order valence-electron chi connectivity index (χ4n) is 3.10. The van der Waals surface area contributed by atoms with E-state index in [-0.39, 0.29) is 6.03 Å². The molecule has 2 aliphatic rings. The third-order valence-electron chi connectivity index (χ3n) is 4.45. The second kappa shape index (κ2) is 7.08. The molecule has 0 spiro atoms. The monoisotopic (exact) mass is 318 g/mol. The van der Waals surface area contributed by atoms with Crippen molar-refractivity contribution in [1.82, 2.24) is 4.90 Å². The van der Waals surface area contributed by atoms with Crippen molar-refractivity contribution in [2.24, 2.45) is 0 Å². The number of nitrogens with one attached hydrogen (secondary N) is 1. The van der Waals surface area contributed by atoms with Gasteiger partial charge in [0.05, 0.1) is 24.6 Å². The van der Waals surface area contributed by atoms with Crippen molar-refractivity contribution in [3.63, 3.8) is 0 Å². The molecule has 126 valence electrons. The number of hydrogen-bond donors (Lipinski definition) is 1. The van der Waals surface area contributed by atoms with E-state index in [9.17, 15) is 4.79 Å². The highest BCUT2D eigenvalue weighted by atomic mass is 16.5. The third-order valence-corrected chi connectivity index (χ3v) is 4.45. The van der Waals surface area contributed by atoms with Crippen molar-refractivity contribution in [1.29, 1.82) is 0 Å². The van der Waals surface area contributed by atoms with Gasteiger partial charge in [0.2, 0.25) is 0 Å². The van der Waals surface area contributed by atoms with Gasteiger partial charge < -0.3 is 24.8 Å². The molecule has 2 amide bonds. The largest absolute Gasteiger partial charge is 0.378 e. The summed E-state index contributed by atoms with van der Waals surface area (Å²) in [6.45, 7) is 5.41. The van der Waals surface area contributed by atoms with Gasteiger partial charge in [0.1, 0.15) is 0 Å². The first-order valence-corrected chi connectivity index (χ1v) is 8.35. The van der Waals surface area contributed by atoms with E-state index in [2.05, 4.69) is 33.3 Å². The van der Waals surface area contributed by atoms with E-state index < -0.39 is 0 Å². The molecular formula is C17H26N4O2.